The molecular weight excluding hydrogens is 319 g/mol. The molecule has 6 heteroatoms. The van der Waals surface area contributed by atoms with Crippen LogP contribution < -0.4 is 0 Å². The minimum Gasteiger partial charge on any atom is -0.220 e. The lowest BCUT2D eigenvalue weighted by atomic mass is 10.4. The first-order chi connectivity index (χ1) is 9.53. The lowest BCUT2D eigenvalue weighted by Crippen LogP contribution is -2.20. The Bertz CT molecular complexity index is 681. The van der Waals surface area contributed by atoms with E-state index in [9.17, 15) is 0 Å². The number of hydrogen-bond donors (Lipinski definition) is 0. The highest BCUT2D eigenvalue weighted by atomic mass is 32.1. The molecule has 3 rings (SSSR count). The van der Waals surface area contributed by atoms with Gasteiger partial charge in [-0.2, -0.15) is 0 Å². The van der Waals surface area contributed by atoms with Gasteiger partial charge >= 0.3 is 0 Å². The Morgan fingerprint density at radius 3 is 2.25 bits per heavy atom. The van der Waals surface area contributed by atoms with Gasteiger partial charge < -0.3 is 0 Å². The quantitative estimate of drug-likeness (QED) is 0.563. The molecule has 0 aliphatic carbocycles. The van der Waals surface area contributed by atoms with Gasteiger partial charge in [-0.05, 0) is 36.4 Å². The van der Waals surface area contributed by atoms with Crippen molar-refractivity contribution in [2.24, 2.45) is 0 Å². The van der Waals surface area contributed by atoms with Crippen molar-refractivity contribution in [3.63, 3.8) is 0 Å². The van der Waals surface area contributed by atoms with E-state index in [1.807, 2.05) is 0 Å². The third-order valence-corrected chi connectivity index (χ3v) is 10.9. The Kier molecular flexibility index (Phi) is 3.95. The predicted molar refractivity (Wildman–Crippen MR) is 94.7 cm³/mol. The van der Waals surface area contributed by atoms with E-state index in [2.05, 4.69) is 54.7 Å². The highest BCUT2D eigenvalue weighted by molar-refractivity contribution is 7.52. The first-order valence-electron chi connectivity index (χ1n) is 6.55. The van der Waals surface area contributed by atoms with E-state index in [0.29, 0.717) is 0 Å². The maximum atomic E-state index is 4.98. The smallest absolute Gasteiger partial charge is 0.174 e. The Morgan fingerprint density at radius 1 is 1.05 bits per heavy atom. The first-order valence-corrected chi connectivity index (χ1v) is 13.5. The molecule has 2 nitrogen and oxygen atoms in total. The lowest BCUT2D eigenvalue weighted by Gasteiger charge is -2.14. The van der Waals surface area contributed by atoms with Gasteiger partial charge in [0.05, 0.1) is 17.8 Å². The first kappa shape index (κ1) is 14.2. The number of aromatic nitrogens is 2. The molecule has 0 aliphatic heterocycles. The molecule has 0 saturated heterocycles. The Balaban J connectivity index is 2.07. The Hall–Kier alpha value is -0.743. The third-order valence-electron chi connectivity index (χ3n) is 2.78. The topological polar surface area (TPSA) is 25.8 Å². The third kappa shape index (κ3) is 3.12. The van der Waals surface area contributed by atoms with Crippen molar-refractivity contribution in [3.8, 4) is 21.0 Å². The van der Waals surface area contributed by atoms with Gasteiger partial charge in [-0.1, -0.05) is 31.8 Å². The van der Waals surface area contributed by atoms with E-state index in [0.717, 1.165) is 5.82 Å². The standard InChI is InChI=1S/C14H17N2PS2Si/c1-20(2,3)10-17-14(12-7-5-9-19-12)15-13(16-17)11-6-4-8-18-11/h4-9H,10H2,1-3H3. The van der Waals surface area contributed by atoms with Gasteiger partial charge in [0, 0.05) is 0 Å². The van der Waals surface area contributed by atoms with Crippen LogP contribution in [0.3, 0.4) is 0 Å². The van der Waals surface area contributed by atoms with Crippen LogP contribution in [-0.2, 0) is 5.79 Å². The fourth-order valence-electron chi connectivity index (χ4n) is 2.00. The molecule has 20 heavy (non-hydrogen) atoms. The van der Waals surface area contributed by atoms with Crippen molar-refractivity contribution in [1.82, 2.24) is 9.73 Å². The maximum Gasteiger partial charge on any atom is 0.174 e. The SMILES string of the molecule is C[Si](C)(C)Cp1nc(-c2cccs2)nc1-c1cccs1. The van der Waals surface area contributed by atoms with E-state index in [4.69, 9.17) is 9.73 Å². The summed E-state index contributed by atoms with van der Waals surface area (Å²) < 4.78 is 4.98. The van der Waals surface area contributed by atoms with Crippen LogP contribution in [0, 0.1) is 0 Å². The molecule has 104 valence electrons. The van der Waals surface area contributed by atoms with Gasteiger partial charge in [-0.25, -0.2) is 9.73 Å². The van der Waals surface area contributed by atoms with E-state index < -0.39 is 15.8 Å². The number of thiophene rings is 2. The van der Waals surface area contributed by atoms with E-state index >= 15 is 0 Å². The van der Waals surface area contributed by atoms with Crippen LogP contribution in [0.25, 0.3) is 21.0 Å². The molecular formula is C14H17N2PS2Si. The van der Waals surface area contributed by atoms with Gasteiger partial charge in [0.1, 0.15) is 5.43 Å². The molecule has 0 N–H and O–H groups in total. The summed E-state index contributed by atoms with van der Waals surface area (Å²) in [4.78, 5) is 7.37. The molecule has 0 spiro atoms. The summed E-state index contributed by atoms with van der Waals surface area (Å²) in [5, 5.41) is 4.22. The van der Waals surface area contributed by atoms with E-state index in [1.165, 1.54) is 21.0 Å². The van der Waals surface area contributed by atoms with Crippen molar-refractivity contribution < 1.29 is 0 Å². The average molecular weight is 336 g/mol. The normalized spacial score (nSPS) is 12.8. The zero-order valence-corrected chi connectivity index (χ0v) is 15.4. The van der Waals surface area contributed by atoms with Crippen molar-refractivity contribution >= 4 is 38.4 Å². The van der Waals surface area contributed by atoms with Crippen LogP contribution >= 0.6 is 30.4 Å². The van der Waals surface area contributed by atoms with E-state index in [1.54, 1.807) is 22.7 Å². The van der Waals surface area contributed by atoms with E-state index in [-0.39, 0.29) is 0 Å². The second-order valence-corrected chi connectivity index (χ2v) is 15.6. The molecule has 3 aromatic heterocycles. The number of hydrogen-bond acceptors (Lipinski definition) is 4. The monoisotopic (exact) mass is 336 g/mol. The largest absolute Gasteiger partial charge is 0.220 e. The van der Waals surface area contributed by atoms with Gasteiger partial charge in [0.2, 0.25) is 0 Å². The van der Waals surface area contributed by atoms with Crippen molar-refractivity contribution in [1.29, 1.82) is 0 Å². The fraction of sp³-hybridized carbons (Fsp3) is 0.286. The van der Waals surface area contributed by atoms with Crippen molar-refractivity contribution in [3.05, 3.63) is 35.0 Å². The predicted octanol–water partition coefficient (Wildman–Crippen LogP) is 5.80. The molecule has 0 fully saturated rings. The molecule has 0 saturated carbocycles. The summed E-state index contributed by atoms with van der Waals surface area (Å²) in [5.74, 6) is 2.18. The zero-order valence-electron chi connectivity index (χ0n) is 11.8. The number of nitrogens with zero attached hydrogens (tertiary/aromatic N) is 2. The molecule has 0 radical (unpaired) electrons. The minimum absolute atomic E-state index is 0.474. The highest BCUT2D eigenvalue weighted by Crippen LogP contribution is 2.44. The van der Waals surface area contributed by atoms with Gasteiger partial charge in [-0.3, -0.25) is 0 Å². The highest BCUT2D eigenvalue weighted by Gasteiger charge is 2.22. The summed E-state index contributed by atoms with van der Waals surface area (Å²) in [6.45, 7) is 7.25. The number of rotatable bonds is 4. The molecule has 0 amide bonds. The molecule has 1 atom stereocenters. The summed E-state index contributed by atoms with van der Waals surface area (Å²) in [6, 6.07) is 8.47. The van der Waals surface area contributed by atoms with Crippen molar-refractivity contribution in [2.45, 2.75) is 25.4 Å². The van der Waals surface area contributed by atoms with Crippen LogP contribution in [-0.4, -0.2) is 17.8 Å². The van der Waals surface area contributed by atoms with Crippen LogP contribution in [0.5, 0.6) is 0 Å². The summed E-state index contributed by atoms with van der Waals surface area (Å²) in [6.07, 6.45) is 0. The molecule has 0 aromatic carbocycles. The second-order valence-electron chi connectivity index (χ2n) is 5.93. The fourth-order valence-corrected chi connectivity index (χ4v) is 9.30. The molecule has 3 aromatic rings. The van der Waals surface area contributed by atoms with Gasteiger partial charge in [0.15, 0.2) is 5.82 Å². The van der Waals surface area contributed by atoms with Crippen LogP contribution in [0.1, 0.15) is 0 Å². The van der Waals surface area contributed by atoms with Crippen LogP contribution in [0.15, 0.2) is 35.0 Å². The molecule has 1 unspecified atom stereocenters. The molecule has 0 bridgehead atoms. The zero-order chi connectivity index (χ0) is 14.2. The van der Waals surface area contributed by atoms with Gasteiger partial charge in [-0.15, -0.1) is 22.7 Å². The van der Waals surface area contributed by atoms with Crippen molar-refractivity contribution in [2.75, 3.05) is 0 Å². The van der Waals surface area contributed by atoms with Crippen LogP contribution in [0.2, 0.25) is 19.6 Å². The summed E-state index contributed by atoms with van der Waals surface area (Å²) in [5.41, 5.74) is 1.24. The molecule has 0 aliphatic rings. The second kappa shape index (κ2) is 5.56. The molecule has 3 heterocycles. The minimum atomic E-state index is -1.14. The van der Waals surface area contributed by atoms with Crippen LogP contribution in [0.4, 0.5) is 0 Å². The summed E-state index contributed by atoms with van der Waals surface area (Å²) in [7, 11) is -1.62. The lowest BCUT2D eigenvalue weighted by molar-refractivity contribution is 1.35. The van der Waals surface area contributed by atoms with Gasteiger partial charge in [0.25, 0.3) is 0 Å². The Labute approximate surface area is 129 Å². The maximum absolute atomic E-state index is 4.98. The average Bonchev–Trinajstić information content (AvgIpc) is 3.08. The Morgan fingerprint density at radius 2 is 1.70 bits per heavy atom. The summed E-state index contributed by atoms with van der Waals surface area (Å²) >= 11 is 3.51.